The Bertz CT molecular complexity index is 1000. The Hall–Kier alpha value is -3.02. The average molecular weight is 463 g/mol. The topological polar surface area (TPSA) is 59.1 Å². The van der Waals surface area contributed by atoms with Crippen LogP contribution in [0.15, 0.2) is 48.5 Å². The highest BCUT2D eigenvalue weighted by Crippen LogP contribution is 2.48. The summed E-state index contributed by atoms with van der Waals surface area (Å²) in [5, 5.41) is 0. The first-order valence-electron chi connectivity index (χ1n) is 12.4. The van der Waals surface area contributed by atoms with E-state index in [-0.39, 0.29) is 35.7 Å². The fraction of sp³-hybridized carbons (Fsp3) is 0.500. The molecular formula is C28H34N2O4. The summed E-state index contributed by atoms with van der Waals surface area (Å²) in [6.45, 7) is 4.37. The number of nitrogens with zero attached hydrogens (tertiary/aromatic N) is 2. The van der Waals surface area contributed by atoms with Gasteiger partial charge in [-0.15, -0.1) is 0 Å². The molecule has 0 bridgehead atoms. The molecule has 3 fully saturated rings. The molecule has 2 amide bonds. The zero-order valence-corrected chi connectivity index (χ0v) is 20.4. The second-order valence-electron chi connectivity index (χ2n) is 10.1. The highest BCUT2D eigenvalue weighted by molar-refractivity contribution is 5.98. The minimum absolute atomic E-state index is 0.0868. The number of rotatable bonds is 4. The van der Waals surface area contributed by atoms with Crippen molar-refractivity contribution < 1.29 is 19.1 Å². The summed E-state index contributed by atoms with van der Waals surface area (Å²) in [4.78, 5) is 32.1. The lowest BCUT2D eigenvalue weighted by atomic mass is 9.76. The van der Waals surface area contributed by atoms with Crippen LogP contribution in [0.3, 0.4) is 0 Å². The van der Waals surface area contributed by atoms with Crippen LogP contribution in [0.25, 0.3) is 0 Å². The van der Waals surface area contributed by atoms with Gasteiger partial charge in [-0.1, -0.05) is 38.1 Å². The summed E-state index contributed by atoms with van der Waals surface area (Å²) in [5.41, 5.74) is 2.08. The van der Waals surface area contributed by atoms with E-state index in [0.717, 1.165) is 35.5 Å². The van der Waals surface area contributed by atoms with E-state index in [0.29, 0.717) is 12.8 Å². The van der Waals surface area contributed by atoms with Gasteiger partial charge in [-0.2, -0.15) is 0 Å². The molecule has 0 N–H and O–H groups in total. The second-order valence-corrected chi connectivity index (χ2v) is 10.1. The van der Waals surface area contributed by atoms with Gasteiger partial charge in [-0.05, 0) is 72.9 Å². The fourth-order valence-corrected chi connectivity index (χ4v) is 6.41. The van der Waals surface area contributed by atoms with Gasteiger partial charge in [0, 0.05) is 0 Å². The molecule has 3 aliphatic rings. The Labute approximate surface area is 201 Å². The molecular weight excluding hydrogens is 428 g/mol. The van der Waals surface area contributed by atoms with Crippen molar-refractivity contribution in [1.29, 1.82) is 0 Å². The van der Waals surface area contributed by atoms with E-state index in [1.807, 2.05) is 46.2 Å². The Morgan fingerprint density at radius 2 is 1.09 bits per heavy atom. The third-order valence-electron chi connectivity index (χ3n) is 8.09. The van der Waals surface area contributed by atoms with Crippen molar-refractivity contribution in [1.82, 2.24) is 9.80 Å². The molecule has 3 aliphatic heterocycles. The van der Waals surface area contributed by atoms with Gasteiger partial charge in [0.25, 0.3) is 0 Å². The van der Waals surface area contributed by atoms with E-state index < -0.39 is 12.1 Å². The average Bonchev–Trinajstić information content (AvgIpc) is 2.86. The molecule has 5 rings (SSSR count). The lowest BCUT2D eigenvalue weighted by Gasteiger charge is -2.56. The monoisotopic (exact) mass is 462 g/mol. The van der Waals surface area contributed by atoms with Crippen LogP contribution in [0.1, 0.15) is 62.7 Å². The van der Waals surface area contributed by atoms with Crippen LogP contribution in [0.4, 0.5) is 0 Å². The highest BCUT2D eigenvalue weighted by Gasteiger charge is 2.55. The van der Waals surface area contributed by atoms with Crippen molar-refractivity contribution >= 4 is 11.8 Å². The normalized spacial score (nSPS) is 31.1. The van der Waals surface area contributed by atoms with Crippen LogP contribution in [0.2, 0.25) is 0 Å². The first-order valence-corrected chi connectivity index (χ1v) is 12.4. The number of piperazine rings is 1. The quantitative estimate of drug-likeness (QED) is 0.658. The van der Waals surface area contributed by atoms with Crippen molar-refractivity contribution in [2.45, 2.75) is 63.7 Å². The summed E-state index contributed by atoms with van der Waals surface area (Å²) in [6, 6.07) is 14.8. The molecule has 2 aromatic carbocycles. The molecule has 6 atom stereocenters. The smallest absolute Gasteiger partial charge is 0.246 e. The van der Waals surface area contributed by atoms with Crippen LogP contribution < -0.4 is 9.47 Å². The number of hydrogen-bond donors (Lipinski definition) is 0. The molecule has 3 heterocycles. The molecule has 0 saturated carbocycles. The van der Waals surface area contributed by atoms with E-state index >= 15 is 0 Å². The zero-order valence-electron chi connectivity index (χ0n) is 20.4. The maximum atomic E-state index is 14.1. The van der Waals surface area contributed by atoms with Crippen molar-refractivity contribution in [3.8, 4) is 11.5 Å². The number of fused-ring (bicyclic) bond motifs is 2. The number of amides is 2. The number of carbonyl (C=O) groups is 2. The van der Waals surface area contributed by atoms with E-state index in [1.165, 1.54) is 0 Å². The molecule has 2 aromatic rings. The lowest BCUT2D eigenvalue weighted by molar-refractivity contribution is -0.177. The van der Waals surface area contributed by atoms with Gasteiger partial charge in [0.2, 0.25) is 11.8 Å². The first-order chi connectivity index (χ1) is 16.4. The number of methoxy groups -OCH3 is 2. The summed E-state index contributed by atoms with van der Waals surface area (Å²) < 4.78 is 10.9. The van der Waals surface area contributed by atoms with Crippen LogP contribution >= 0.6 is 0 Å². The summed E-state index contributed by atoms with van der Waals surface area (Å²) in [7, 11) is 3.31. The van der Waals surface area contributed by atoms with Gasteiger partial charge in [-0.3, -0.25) is 9.59 Å². The second kappa shape index (κ2) is 8.97. The Morgan fingerprint density at radius 1 is 0.676 bits per heavy atom. The largest absolute Gasteiger partial charge is 0.497 e. The molecule has 0 unspecified atom stereocenters. The number of ether oxygens (including phenoxy) is 2. The van der Waals surface area contributed by atoms with E-state index in [1.54, 1.807) is 14.2 Å². The predicted octanol–water partition coefficient (Wildman–Crippen LogP) is 4.75. The Kier molecular flexibility index (Phi) is 6.00. The van der Waals surface area contributed by atoms with Crippen molar-refractivity contribution in [2.75, 3.05) is 14.2 Å². The third kappa shape index (κ3) is 3.64. The number of benzene rings is 2. The predicted molar refractivity (Wildman–Crippen MR) is 130 cm³/mol. The minimum atomic E-state index is -0.422. The molecule has 0 radical (unpaired) electrons. The Balaban J connectivity index is 1.54. The Morgan fingerprint density at radius 3 is 1.47 bits per heavy atom. The first kappa shape index (κ1) is 22.8. The molecule has 180 valence electrons. The van der Waals surface area contributed by atoms with Crippen LogP contribution in [-0.2, 0) is 9.59 Å². The van der Waals surface area contributed by atoms with Crippen molar-refractivity contribution in [3.63, 3.8) is 0 Å². The van der Waals surface area contributed by atoms with Crippen LogP contribution in [-0.4, -0.2) is 47.9 Å². The van der Waals surface area contributed by atoms with E-state index in [9.17, 15) is 9.59 Å². The minimum Gasteiger partial charge on any atom is -0.497 e. The summed E-state index contributed by atoms with van der Waals surface area (Å²) in [5.74, 6) is 2.25. The van der Waals surface area contributed by atoms with Gasteiger partial charge >= 0.3 is 0 Å². The molecule has 3 saturated heterocycles. The van der Waals surface area contributed by atoms with Crippen LogP contribution in [0.5, 0.6) is 11.5 Å². The van der Waals surface area contributed by atoms with Crippen molar-refractivity contribution in [3.05, 3.63) is 59.7 Å². The third-order valence-corrected chi connectivity index (χ3v) is 8.09. The molecule has 6 nitrogen and oxygen atoms in total. The molecule has 6 heteroatoms. The summed E-state index contributed by atoms with van der Waals surface area (Å²) >= 11 is 0. The highest BCUT2D eigenvalue weighted by atomic mass is 16.5. The van der Waals surface area contributed by atoms with E-state index in [4.69, 9.17) is 9.47 Å². The SMILES string of the molecule is COc1cccc([C@@H]2[C@@H](C)CC[C@H]3C(=O)N4[C@H](c5cccc(OC)c5)[C@@H](C)CC[C@H]4C(=O)N23)c1. The lowest BCUT2D eigenvalue weighted by Crippen LogP contribution is -2.69. The number of piperidine rings is 2. The molecule has 0 aliphatic carbocycles. The zero-order chi connectivity index (χ0) is 24.0. The fourth-order valence-electron chi connectivity index (χ4n) is 6.41. The van der Waals surface area contributed by atoms with Gasteiger partial charge in [0.15, 0.2) is 0 Å². The van der Waals surface area contributed by atoms with Gasteiger partial charge in [-0.25, -0.2) is 0 Å². The molecule has 0 spiro atoms. The number of carbonyl (C=O) groups excluding carboxylic acids is 2. The molecule has 34 heavy (non-hydrogen) atoms. The standard InChI is InChI=1S/C28H34N2O4/c1-17-11-13-23-28(32)30-24(14-12-18(2)26(30)20-8-6-10-22(16-20)34-4)27(31)29(23)25(17)19-7-5-9-21(15-19)33-3/h5-10,15-18,23-26H,11-14H2,1-4H3/t17-,18-,23-,24-,25-,26-/m0/s1. The van der Waals surface area contributed by atoms with E-state index in [2.05, 4.69) is 26.0 Å². The van der Waals surface area contributed by atoms with Crippen molar-refractivity contribution in [2.24, 2.45) is 11.8 Å². The van der Waals surface area contributed by atoms with Gasteiger partial charge in [0.05, 0.1) is 26.3 Å². The number of hydrogen-bond acceptors (Lipinski definition) is 4. The molecule has 0 aromatic heterocycles. The summed E-state index contributed by atoms with van der Waals surface area (Å²) in [6.07, 6.45) is 3.21. The van der Waals surface area contributed by atoms with Gasteiger partial charge < -0.3 is 19.3 Å². The maximum Gasteiger partial charge on any atom is 0.246 e. The maximum absolute atomic E-state index is 14.1. The van der Waals surface area contributed by atoms with Crippen LogP contribution in [0, 0.1) is 11.8 Å². The van der Waals surface area contributed by atoms with Gasteiger partial charge in [0.1, 0.15) is 23.6 Å².